The molecule has 1 fully saturated rings. The Morgan fingerprint density at radius 2 is 2.12 bits per heavy atom. The fourth-order valence-electron chi connectivity index (χ4n) is 1.43. The Hall–Kier alpha value is -2.18. The van der Waals surface area contributed by atoms with Gasteiger partial charge in [-0.25, -0.2) is 9.78 Å². The maximum atomic E-state index is 11.5. The van der Waals surface area contributed by atoms with Gasteiger partial charge in [0, 0.05) is 7.05 Å². The standard InChI is InChI=1S/C9H11N5O2/c1-13-5-8(15)14(9(13)16)4-6-2-12-7(10)3-11-6/h2-3H,4-5H2,1H3,(H2,10,12). The van der Waals surface area contributed by atoms with Crippen LogP contribution in [0.4, 0.5) is 10.6 Å². The van der Waals surface area contributed by atoms with Crippen LogP contribution in [0, 0.1) is 0 Å². The minimum atomic E-state index is -0.316. The Morgan fingerprint density at radius 1 is 1.38 bits per heavy atom. The fraction of sp³-hybridized carbons (Fsp3) is 0.333. The maximum Gasteiger partial charge on any atom is 0.327 e. The van der Waals surface area contributed by atoms with Gasteiger partial charge < -0.3 is 10.6 Å². The molecule has 0 saturated carbocycles. The molecule has 0 aliphatic carbocycles. The van der Waals surface area contributed by atoms with Crippen molar-refractivity contribution < 1.29 is 9.59 Å². The quantitative estimate of drug-likeness (QED) is 0.676. The van der Waals surface area contributed by atoms with E-state index >= 15 is 0 Å². The number of urea groups is 1. The van der Waals surface area contributed by atoms with E-state index in [2.05, 4.69) is 9.97 Å². The van der Waals surface area contributed by atoms with Crippen LogP contribution in [0.15, 0.2) is 12.4 Å². The molecule has 3 amide bonds. The number of carbonyl (C=O) groups is 2. The van der Waals surface area contributed by atoms with E-state index in [0.29, 0.717) is 11.5 Å². The molecule has 2 rings (SSSR count). The number of hydrogen-bond donors (Lipinski definition) is 1. The highest BCUT2D eigenvalue weighted by Gasteiger charge is 2.33. The molecule has 84 valence electrons. The van der Waals surface area contributed by atoms with Crippen LogP contribution in [0.25, 0.3) is 0 Å². The van der Waals surface area contributed by atoms with Gasteiger partial charge in [0.05, 0.1) is 24.6 Å². The summed E-state index contributed by atoms with van der Waals surface area (Å²) in [6, 6.07) is -0.316. The number of rotatable bonds is 2. The number of nitrogens with zero attached hydrogens (tertiary/aromatic N) is 4. The summed E-state index contributed by atoms with van der Waals surface area (Å²) in [5.74, 6) is 0.0751. The topological polar surface area (TPSA) is 92.4 Å². The van der Waals surface area contributed by atoms with Gasteiger partial charge in [-0.05, 0) is 0 Å². The van der Waals surface area contributed by atoms with Crippen molar-refractivity contribution in [3.63, 3.8) is 0 Å². The van der Waals surface area contributed by atoms with E-state index in [1.54, 1.807) is 7.05 Å². The molecule has 2 N–H and O–H groups in total. The number of nitrogen functional groups attached to an aromatic ring is 1. The molecule has 0 spiro atoms. The number of aromatic nitrogens is 2. The lowest BCUT2D eigenvalue weighted by Crippen LogP contribution is -2.31. The molecule has 2 heterocycles. The van der Waals surface area contributed by atoms with Crippen molar-refractivity contribution in [3.05, 3.63) is 18.1 Å². The first-order valence-electron chi connectivity index (χ1n) is 4.70. The molecule has 16 heavy (non-hydrogen) atoms. The highest BCUT2D eigenvalue weighted by Crippen LogP contribution is 2.11. The lowest BCUT2D eigenvalue weighted by molar-refractivity contribution is -0.125. The smallest absolute Gasteiger partial charge is 0.327 e. The first-order valence-corrected chi connectivity index (χ1v) is 4.70. The monoisotopic (exact) mass is 221 g/mol. The van der Waals surface area contributed by atoms with E-state index in [4.69, 9.17) is 5.73 Å². The van der Waals surface area contributed by atoms with Crippen molar-refractivity contribution in [3.8, 4) is 0 Å². The van der Waals surface area contributed by atoms with E-state index in [-0.39, 0.29) is 25.0 Å². The largest absolute Gasteiger partial charge is 0.382 e. The molecule has 1 aliphatic rings. The zero-order valence-electron chi connectivity index (χ0n) is 8.75. The Kier molecular flexibility index (Phi) is 2.43. The summed E-state index contributed by atoms with van der Waals surface area (Å²) in [6.07, 6.45) is 2.85. The highest BCUT2D eigenvalue weighted by molar-refractivity contribution is 6.01. The molecule has 0 aromatic carbocycles. The van der Waals surface area contributed by atoms with E-state index in [1.807, 2.05) is 0 Å². The molecule has 0 atom stereocenters. The third-order valence-corrected chi connectivity index (χ3v) is 2.28. The van der Waals surface area contributed by atoms with Gasteiger partial charge in [-0.2, -0.15) is 0 Å². The van der Waals surface area contributed by atoms with Gasteiger partial charge in [-0.1, -0.05) is 0 Å². The first kappa shape index (κ1) is 10.3. The van der Waals surface area contributed by atoms with Crippen molar-refractivity contribution in [2.75, 3.05) is 19.3 Å². The molecule has 1 aromatic heterocycles. The second-order valence-corrected chi connectivity index (χ2v) is 3.55. The SMILES string of the molecule is CN1CC(=O)N(Cc2cnc(N)cn2)C1=O. The Morgan fingerprint density at radius 3 is 2.62 bits per heavy atom. The minimum Gasteiger partial charge on any atom is -0.382 e. The number of imide groups is 1. The van der Waals surface area contributed by atoms with Crippen LogP contribution in [0.2, 0.25) is 0 Å². The molecule has 1 aromatic rings. The van der Waals surface area contributed by atoms with Gasteiger partial charge in [-0.3, -0.25) is 14.7 Å². The summed E-state index contributed by atoms with van der Waals surface area (Å²) >= 11 is 0. The summed E-state index contributed by atoms with van der Waals surface area (Å²) in [5, 5.41) is 0. The minimum absolute atomic E-state index is 0.112. The van der Waals surface area contributed by atoms with Crippen molar-refractivity contribution >= 4 is 17.8 Å². The second-order valence-electron chi connectivity index (χ2n) is 3.55. The van der Waals surface area contributed by atoms with E-state index in [0.717, 1.165) is 4.90 Å². The number of likely N-dealkylation sites (N-methyl/N-ethyl adjacent to an activating group) is 1. The van der Waals surface area contributed by atoms with Crippen LogP contribution in [0.5, 0.6) is 0 Å². The van der Waals surface area contributed by atoms with E-state index in [9.17, 15) is 9.59 Å². The summed E-state index contributed by atoms with van der Waals surface area (Å²) in [5.41, 5.74) is 5.92. The summed E-state index contributed by atoms with van der Waals surface area (Å²) in [4.78, 5) is 33.3. The molecular formula is C9H11N5O2. The summed E-state index contributed by atoms with van der Waals surface area (Å²) in [6.45, 7) is 0.247. The second kappa shape index (κ2) is 3.76. The number of hydrogen-bond acceptors (Lipinski definition) is 5. The van der Waals surface area contributed by atoms with Crippen molar-refractivity contribution in [2.24, 2.45) is 0 Å². The first-order chi connectivity index (χ1) is 7.58. The highest BCUT2D eigenvalue weighted by atomic mass is 16.2. The van der Waals surface area contributed by atoms with Crippen LogP contribution in [0.3, 0.4) is 0 Å². The molecule has 0 unspecified atom stereocenters. The predicted octanol–water partition coefficient (Wildman–Crippen LogP) is -0.547. The Labute approximate surface area is 91.9 Å². The number of carbonyl (C=O) groups excluding carboxylic acids is 2. The zero-order chi connectivity index (χ0) is 11.7. The molecule has 7 nitrogen and oxygen atoms in total. The van der Waals surface area contributed by atoms with Crippen LogP contribution >= 0.6 is 0 Å². The third kappa shape index (κ3) is 1.79. The third-order valence-electron chi connectivity index (χ3n) is 2.28. The van der Waals surface area contributed by atoms with E-state index in [1.165, 1.54) is 17.3 Å². The van der Waals surface area contributed by atoms with Crippen LogP contribution in [-0.4, -0.2) is 45.3 Å². The van der Waals surface area contributed by atoms with Gasteiger partial charge in [0.25, 0.3) is 5.91 Å². The van der Waals surface area contributed by atoms with Crippen LogP contribution < -0.4 is 5.73 Å². The molecule has 0 bridgehead atoms. The van der Waals surface area contributed by atoms with Crippen LogP contribution in [-0.2, 0) is 11.3 Å². The fourth-order valence-corrected chi connectivity index (χ4v) is 1.43. The van der Waals surface area contributed by atoms with Gasteiger partial charge >= 0.3 is 6.03 Å². The number of anilines is 1. The molecule has 0 radical (unpaired) electrons. The van der Waals surface area contributed by atoms with Crippen LogP contribution in [0.1, 0.15) is 5.69 Å². The zero-order valence-corrected chi connectivity index (χ0v) is 8.75. The van der Waals surface area contributed by atoms with Crippen molar-refractivity contribution in [1.82, 2.24) is 19.8 Å². The predicted molar refractivity (Wildman–Crippen MR) is 55.0 cm³/mol. The lowest BCUT2D eigenvalue weighted by atomic mass is 10.4. The Bertz CT molecular complexity index is 430. The Balaban J connectivity index is 2.13. The van der Waals surface area contributed by atoms with Gasteiger partial charge in [-0.15, -0.1) is 0 Å². The average Bonchev–Trinajstić information content (AvgIpc) is 2.48. The summed E-state index contributed by atoms with van der Waals surface area (Å²) in [7, 11) is 1.58. The summed E-state index contributed by atoms with van der Waals surface area (Å²) < 4.78 is 0. The number of amides is 3. The normalized spacial score (nSPS) is 16.1. The molecular weight excluding hydrogens is 210 g/mol. The lowest BCUT2D eigenvalue weighted by Gasteiger charge is -2.12. The van der Waals surface area contributed by atoms with Crippen molar-refractivity contribution in [1.29, 1.82) is 0 Å². The van der Waals surface area contributed by atoms with Gasteiger partial charge in [0.1, 0.15) is 12.4 Å². The van der Waals surface area contributed by atoms with E-state index < -0.39 is 0 Å². The number of nitrogens with two attached hydrogens (primary N) is 1. The van der Waals surface area contributed by atoms with Gasteiger partial charge in [0.15, 0.2) is 0 Å². The molecule has 1 aliphatic heterocycles. The average molecular weight is 221 g/mol. The molecule has 1 saturated heterocycles. The van der Waals surface area contributed by atoms with Crippen molar-refractivity contribution in [2.45, 2.75) is 6.54 Å². The molecule has 7 heteroatoms. The maximum absolute atomic E-state index is 11.5. The van der Waals surface area contributed by atoms with Gasteiger partial charge in [0.2, 0.25) is 0 Å².